The zero-order valence-corrected chi connectivity index (χ0v) is 14.3. The predicted octanol–water partition coefficient (Wildman–Crippen LogP) is -0.516. The van der Waals surface area contributed by atoms with Crippen molar-refractivity contribution in [2.24, 2.45) is 0 Å². The van der Waals surface area contributed by atoms with E-state index in [9.17, 15) is 9.90 Å². The Bertz CT molecular complexity index is 383. The molecule has 0 radical (unpaired) electrons. The summed E-state index contributed by atoms with van der Waals surface area (Å²) in [5.41, 5.74) is 0. The second-order valence-corrected chi connectivity index (χ2v) is 5.50. The van der Waals surface area contributed by atoms with Gasteiger partial charge in [-0.15, -0.1) is 0 Å². The first-order valence-electron chi connectivity index (χ1n) is 7.97. The molecule has 1 atom stereocenters. The molecule has 0 aromatic carbocycles. The summed E-state index contributed by atoms with van der Waals surface area (Å²) in [7, 11) is 0. The van der Waals surface area contributed by atoms with E-state index in [1.54, 1.807) is 6.92 Å². The second kappa shape index (κ2) is 12.7. The molecule has 1 saturated heterocycles. The highest BCUT2D eigenvalue weighted by Crippen LogP contribution is 2.03. The number of aliphatic hydroxyl groups is 1. The Kier molecular flexibility index (Phi) is 11.8. The average Bonchev–Trinajstić information content (AvgIpc) is 2.52. The van der Waals surface area contributed by atoms with Gasteiger partial charge >= 0.3 is 11.9 Å². The molecule has 0 aromatic heterocycles. The van der Waals surface area contributed by atoms with Crippen LogP contribution in [0, 0.1) is 0 Å². The van der Waals surface area contributed by atoms with Gasteiger partial charge in [0, 0.05) is 46.3 Å². The van der Waals surface area contributed by atoms with Gasteiger partial charge < -0.3 is 25.0 Å². The van der Waals surface area contributed by atoms with E-state index in [-0.39, 0.29) is 5.91 Å². The van der Waals surface area contributed by atoms with E-state index in [2.05, 4.69) is 11.8 Å². The van der Waals surface area contributed by atoms with E-state index in [0.717, 1.165) is 45.6 Å². The van der Waals surface area contributed by atoms with Crippen molar-refractivity contribution in [1.29, 1.82) is 0 Å². The van der Waals surface area contributed by atoms with Crippen LogP contribution >= 0.6 is 0 Å². The minimum atomic E-state index is -1.82. The van der Waals surface area contributed by atoms with E-state index in [1.165, 1.54) is 0 Å². The van der Waals surface area contributed by atoms with Crippen LogP contribution in [-0.4, -0.2) is 95.0 Å². The van der Waals surface area contributed by atoms with Crippen LogP contribution in [0.3, 0.4) is 0 Å². The number of rotatable bonds is 7. The number of aliphatic carboxylic acids is 2. The van der Waals surface area contributed by atoms with Gasteiger partial charge in [0.2, 0.25) is 5.91 Å². The SMILES string of the molecule is CCCCOCC(O)CN1CCN(C(C)=O)CC1.O=C(O)C(=O)O. The first kappa shape index (κ1) is 22.3. The van der Waals surface area contributed by atoms with Gasteiger partial charge in [0.25, 0.3) is 0 Å². The number of ether oxygens (including phenoxy) is 1. The molecular weight excluding hydrogens is 320 g/mol. The zero-order chi connectivity index (χ0) is 18.5. The third-order valence-electron chi connectivity index (χ3n) is 3.42. The number of unbranched alkanes of at least 4 members (excludes halogenated alkanes) is 1. The number of nitrogens with zero attached hydrogens (tertiary/aromatic N) is 2. The number of carboxylic acids is 2. The molecule has 1 unspecified atom stereocenters. The molecule has 9 heteroatoms. The van der Waals surface area contributed by atoms with Crippen molar-refractivity contribution in [1.82, 2.24) is 9.80 Å². The van der Waals surface area contributed by atoms with Crippen molar-refractivity contribution in [3.8, 4) is 0 Å². The summed E-state index contributed by atoms with van der Waals surface area (Å²) in [6.45, 7) is 8.70. The summed E-state index contributed by atoms with van der Waals surface area (Å²) >= 11 is 0. The van der Waals surface area contributed by atoms with Gasteiger partial charge in [-0.05, 0) is 6.42 Å². The highest BCUT2D eigenvalue weighted by molar-refractivity contribution is 6.27. The summed E-state index contributed by atoms with van der Waals surface area (Å²) in [5.74, 6) is -3.51. The van der Waals surface area contributed by atoms with Crippen LogP contribution in [0.2, 0.25) is 0 Å². The van der Waals surface area contributed by atoms with Gasteiger partial charge in [-0.3, -0.25) is 9.69 Å². The predicted molar refractivity (Wildman–Crippen MR) is 85.7 cm³/mol. The number of piperazine rings is 1. The van der Waals surface area contributed by atoms with Gasteiger partial charge in [-0.25, -0.2) is 9.59 Å². The van der Waals surface area contributed by atoms with Crippen molar-refractivity contribution in [3.05, 3.63) is 0 Å². The van der Waals surface area contributed by atoms with Crippen molar-refractivity contribution >= 4 is 17.8 Å². The molecule has 9 nitrogen and oxygen atoms in total. The molecule has 1 aliphatic rings. The number of carboxylic acid groups (broad SMARTS) is 2. The minimum absolute atomic E-state index is 0.137. The molecule has 0 saturated carbocycles. The molecule has 24 heavy (non-hydrogen) atoms. The van der Waals surface area contributed by atoms with Gasteiger partial charge in [-0.2, -0.15) is 0 Å². The molecule has 0 bridgehead atoms. The Morgan fingerprint density at radius 2 is 1.62 bits per heavy atom. The molecule has 1 amide bonds. The molecule has 1 aliphatic heterocycles. The second-order valence-electron chi connectivity index (χ2n) is 5.50. The van der Waals surface area contributed by atoms with Crippen LogP contribution in [-0.2, 0) is 19.1 Å². The summed E-state index contributed by atoms with van der Waals surface area (Å²) in [6, 6.07) is 0. The molecular formula is C15H28N2O7. The van der Waals surface area contributed by atoms with E-state index in [0.29, 0.717) is 13.2 Å². The van der Waals surface area contributed by atoms with Crippen molar-refractivity contribution in [2.45, 2.75) is 32.8 Å². The fraction of sp³-hybridized carbons (Fsp3) is 0.800. The maximum Gasteiger partial charge on any atom is 0.414 e. The van der Waals surface area contributed by atoms with E-state index in [4.69, 9.17) is 24.5 Å². The lowest BCUT2D eigenvalue weighted by Crippen LogP contribution is -2.50. The summed E-state index contributed by atoms with van der Waals surface area (Å²) in [5, 5.41) is 24.6. The lowest BCUT2D eigenvalue weighted by Gasteiger charge is -2.35. The smallest absolute Gasteiger partial charge is 0.414 e. The number of aliphatic hydroxyl groups excluding tert-OH is 1. The number of carbonyl (C=O) groups excluding carboxylic acids is 1. The topological polar surface area (TPSA) is 128 Å². The molecule has 140 valence electrons. The Morgan fingerprint density at radius 3 is 2.04 bits per heavy atom. The molecule has 0 spiro atoms. The van der Waals surface area contributed by atoms with E-state index >= 15 is 0 Å². The van der Waals surface area contributed by atoms with Gasteiger partial charge in [0.05, 0.1) is 12.7 Å². The van der Waals surface area contributed by atoms with Crippen LogP contribution in [0.4, 0.5) is 0 Å². The number of carbonyl (C=O) groups is 3. The quantitative estimate of drug-likeness (QED) is 0.414. The number of amides is 1. The Morgan fingerprint density at radius 1 is 1.08 bits per heavy atom. The van der Waals surface area contributed by atoms with Crippen LogP contribution in [0.25, 0.3) is 0 Å². The first-order chi connectivity index (χ1) is 11.3. The third-order valence-corrected chi connectivity index (χ3v) is 3.42. The van der Waals surface area contributed by atoms with Gasteiger partial charge in [0.15, 0.2) is 0 Å². The van der Waals surface area contributed by atoms with Crippen LogP contribution < -0.4 is 0 Å². The number of hydrogen-bond acceptors (Lipinski definition) is 6. The third kappa shape index (κ3) is 10.9. The molecule has 1 heterocycles. The fourth-order valence-electron chi connectivity index (χ4n) is 2.06. The lowest BCUT2D eigenvalue weighted by atomic mass is 10.2. The number of β-amino-alcohol motifs (C(OH)–C–C–N with tert-alkyl or cyclic N) is 1. The Hall–Kier alpha value is -1.71. The maximum atomic E-state index is 11.2. The molecule has 1 rings (SSSR count). The Balaban J connectivity index is 0.000000754. The summed E-state index contributed by atoms with van der Waals surface area (Å²) in [6.07, 6.45) is 1.73. The fourth-order valence-corrected chi connectivity index (χ4v) is 2.06. The summed E-state index contributed by atoms with van der Waals surface area (Å²) in [4.78, 5) is 33.4. The highest BCUT2D eigenvalue weighted by Gasteiger charge is 2.20. The van der Waals surface area contributed by atoms with Crippen LogP contribution in [0.1, 0.15) is 26.7 Å². The van der Waals surface area contributed by atoms with Crippen molar-refractivity contribution in [3.63, 3.8) is 0 Å². The zero-order valence-electron chi connectivity index (χ0n) is 14.3. The van der Waals surface area contributed by atoms with Crippen molar-refractivity contribution < 1.29 is 34.4 Å². The minimum Gasteiger partial charge on any atom is -0.473 e. The Labute approximate surface area is 141 Å². The first-order valence-corrected chi connectivity index (χ1v) is 7.97. The molecule has 0 aliphatic carbocycles. The molecule has 3 N–H and O–H groups in total. The monoisotopic (exact) mass is 348 g/mol. The molecule has 0 aromatic rings. The highest BCUT2D eigenvalue weighted by atomic mass is 16.5. The molecule has 1 fully saturated rings. The maximum absolute atomic E-state index is 11.2. The van der Waals surface area contributed by atoms with Crippen LogP contribution in [0.15, 0.2) is 0 Å². The summed E-state index contributed by atoms with van der Waals surface area (Å²) < 4.78 is 5.40. The normalized spacial score (nSPS) is 16.0. The van der Waals surface area contributed by atoms with Gasteiger partial charge in [0.1, 0.15) is 0 Å². The largest absolute Gasteiger partial charge is 0.473 e. The van der Waals surface area contributed by atoms with Gasteiger partial charge in [-0.1, -0.05) is 13.3 Å². The van der Waals surface area contributed by atoms with Crippen molar-refractivity contribution in [2.75, 3.05) is 45.9 Å². The van der Waals surface area contributed by atoms with E-state index < -0.39 is 18.0 Å². The lowest BCUT2D eigenvalue weighted by molar-refractivity contribution is -0.159. The number of hydrogen-bond donors (Lipinski definition) is 3. The van der Waals surface area contributed by atoms with E-state index in [1.807, 2.05) is 4.90 Å². The van der Waals surface area contributed by atoms with Crippen LogP contribution in [0.5, 0.6) is 0 Å². The average molecular weight is 348 g/mol. The standard InChI is InChI=1S/C13H26N2O3.C2H2O4/c1-3-4-9-18-11-13(17)10-14-5-7-15(8-6-14)12(2)16;3-1(4)2(5)6/h13,17H,3-11H2,1-2H3;(H,3,4)(H,5,6).